The molecule has 0 atom stereocenters. The van der Waals surface area contributed by atoms with E-state index < -0.39 is 0 Å². The van der Waals surface area contributed by atoms with Gasteiger partial charge in [0.05, 0.1) is 22.6 Å². The van der Waals surface area contributed by atoms with Crippen molar-refractivity contribution in [2.45, 2.75) is 13.1 Å². The van der Waals surface area contributed by atoms with Crippen molar-refractivity contribution in [1.29, 1.82) is 5.41 Å². The number of halogens is 2. The minimum atomic E-state index is -0.249. The number of Topliss-reactive ketones (excluding diaryl/α,β-unsaturated/α-hetero) is 1. The molecular weight excluding hydrogens is 447 g/mol. The highest BCUT2D eigenvalue weighted by molar-refractivity contribution is 6.36. The molecular formula is C24H20Cl2N4O2. The van der Waals surface area contributed by atoms with Gasteiger partial charge in [0, 0.05) is 23.3 Å². The Kier molecular flexibility index (Phi) is 6.17. The Morgan fingerprint density at radius 1 is 0.875 bits per heavy atom. The van der Waals surface area contributed by atoms with Gasteiger partial charge in [-0.15, -0.1) is 0 Å². The average Bonchev–Trinajstić information content (AvgIpc) is 3.05. The monoisotopic (exact) mass is 466 g/mol. The van der Waals surface area contributed by atoms with E-state index in [1.165, 1.54) is 6.07 Å². The van der Waals surface area contributed by atoms with Crippen molar-refractivity contribution in [1.82, 2.24) is 9.13 Å². The third-order valence-electron chi connectivity index (χ3n) is 5.32. The summed E-state index contributed by atoms with van der Waals surface area (Å²) in [6.45, 7) is -0.121. The van der Waals surface area contributed by atoms with Gasteiger partial charge in [-0.25, -0.2) is 0 Å². The summed E-state index contributed by atoms with van der Waals surface area (Å²) in [5.41, 5.74) is 2.54. The second kappa shape index (κ2) is 9.02. The zero-order chi connectivity index (χ0) is 22.8. The van der Waals surface area contributed by atoms with Crippen LogP contribution in [0, 0.1) is 5.41 Å². The number of amides is 1. The topological polar surface area (TPSA) is 71.1 Å². The summed E-state index contributed by atoms with van der Waals surface area (Å²) in [4.78, 5) is 27.5. The van der Waals surface area contributed by atoms with E-state index in [2.05, 4.69) is 0 Å². The van der Waals surface area contributed by atoms with Gasteiger partial charge >= 0.3 is 0 Å². The highest BCUT2D eigenvalue weighted by Crippen LogP contribution is 2.22. The van der Waals surface area contributed by atoms with Gasteiger partial charge < -0.3 is 14.0 Å². The molecule has 0 unspecified atom stereocenters. The normalized spacial score (nSPS) is 11.0. The fraction of sp³-hybridized carbons (Fsp3) is 0.125. The number of nitrogens with one attached hydrogen (secondary N) is 1. The number of hydrogen-bond donors (Lipinski definition) is 1. The molecule has 0 bridgehead atoms. The molecule has 1 aromatic heterocycles. The van der Waals surface area contributed by atoms with Crippen LogP contribution < -0.4 is 10.5 Å². The van der Waals surface area contributed by atoms with Gasteiger partial charge in [0.15, 0.2) is 5.78 Å². The molecule has 1 amide bonds. The van der Waals surface area contributed by atoms with Crippen molar-refractivity contribution in [2.24, 2.45) is 0 Å². The molecule has 0 aliphatic carbocycles. The predicted octanol–water partition coefficient (Wildman–Crippen LogP) is 4.77. The fourth-order valence-corrected chi connectivity index (χ4v) is 4.11. The molecule has 0 fully saturated rings. The second-order valence-corrected chi connectivity index (χ2v) is 8.16. The molecule has 0 saturated carbocycles. The lowest BCUT2D eigenvalue weighted by Crippen LogP contribution is -2.35. The van der Waals surface area contributed by atoms with Gasteiger partial charge in [-0.05, 0) is 42.5 Å². The SMILES string of the molecule is CN(C(=O)Cn1c(=N)n(CC(=O)c2ccc(Cl)cc2Cl)c2ccccc21)c1ccccc1. The first-order chi connectivity index (χ1) is 15.4. The molecule has 3 aromatic carbocycles. The highest BCUT2D eigenvalue weighted by Gasteiger charge is 2.19. The van der Waals surface area contributed by atoms with E-state index >= 15 is 0 Å². The number of rotatable bonds is 6. The van der Waals surface area contributed by atoms with Gasteiger partial charge in [-0.1, -0.05) is 53.5 Å². The molecule has 1 N–H and O–H groups in total. The first-order valence-corrected chi connectivity index (χ1v) is 10.6. The maximum absolute atomic E-state index is 13.0. The molecule has 0 aliphatic rings. The van der Waals surface area contributed by atoms with Crippen LogP contribution in [0.5, 0.6) is 0 Å². The van der Waals surface area contributed by atoms with Crippen molar-refractivity contribution in [3.63, 3.8) is 0 Å². The van der Waals surface area contributed by atoms with Crippen LogP contribution in [0.25, 0.3) is 11.0 Å². The van der Waals surface area contributed by atoms with Crippen LogP contribution in [-0.4, -0.2) is 27.9 Å². The molecule has 32 heavy (non-hydrogen) atoms. The Balaban J connectivity index is 1.68. The molecule has 4 aromatic rings. The first kappa shape index (κ1) is 21.9. The summed E-state index contributed by atoms with van der Waals surface area (Å²) in [5.74, 6) is -0.425. The molecule has 8 heteroatoms. The number of carbonyl (C=O) groups excluding carboxylic acids is 2. The highest BCUT2D eigenvalue weighted by atomic mass is 35.5. The number of likely N-dealkylation sites (N-methyl/N-ethyl adjacent to an activating group) is 1. The number of aromatic nitrogens is 2. The van der Waals surface area contributed by atoms with Gasteiger partial charge in [-0.2, -0.15) is 0 Å². The Morgan fingerprint density at radius 3 is 2.09 bits per heavy atom. The number of ketones is 1. The van der Waals surface area contributed by atoms with Crippen molar-refractivity contribution in [3.8, 4) is 0 Å². The number of benzene rings is 3. The number of fused-ring (bicyclic) bond motifs is 1. The zero-order valence-corrected chi connectivity index (χ0v) is 18.8. The van der Waals surface area contributed by atoms with Crippen molar-refractivity contribution >= 4 is 51.6 Å². The molecule has 4 rings (SSSR count). The van der Waals surface area contributed by atoms with Crippen LogP contribution >= 0.6 is 23.2 Å². The lowest BCUT2D eigenvalue weighted by atomic mass is 10.1. The third-order valence-corrected chi connectivity index (χ3v) is 5.87. The second-order valence-electron chi connectivity index (χ2n) is 7.32. The summed E-state index contributed by atoms with van der Waals surface area (Å²) in [6, 6.07) is 21.3. The molecule has 0 aliphatic heterocycles. The van der Waals surface area contributed by atoms with Gasteiger partial charge in [0.1, 0.15) is 6.54 Å². The quantitative estimate of drug-likeness (QED) is 0.415. The number of imidazole rings is 1. The standard InChI is InChI=1S/C24H20Cl2N4O2/c1-28(17-7-3-2-4-8-17)23(32)15-30-21-10-6-5-9-20(21)29(24(30)27)14-22(31)18-12-11-16(25)13-19(18)26/h2-13,27H,14-15H2,1H3. The van der Waals surface area contributed by atoms with Crippen LogP contribution in [0.2, 0.25) is 10.0 Å². The summed E-state index contributed by atoms with van der Waals surface area (Å²) in [7, 11) is 1.70. The summed E-state index contributed by atoms with van der Waals surface area (Å²) >= 11 is 12.1. The first-order valence-electron chi connectivity index (χ1n) is 9.89. The van der Waals surface area contributed by atoms with Crippen LogP contribution in [0.1, 0.15) is 10.4 Å². The number of nitrogens with zero attached hydrogens (tertiary/aromatic N) is 3. The smallest absolute Gasteiger partial charge is 0.246 e. The van der Waals surface area contributed by atoms with Gasteiger partial charge in [-0.3, -0.25) is 15.0 Å². The predicted molar refractivity (Wildman–Crippen MR) is 126 cm³/mol. The Hall–Kier alpha value is -3.35. The lowest BCUT2D eigenvalue weighted by Gasteiger charge is -2.17. The van der Waals surface area contributed by atoms with E-state index in [0.29, 0.717) is 21.6 Å². The zero-order valence-electron chi connectivity index (χ0n) is 17.3. The summed E-state index contributed by atoms with van der Waals surface area (Å²) in [6.07, 6.45) is 0. The number of para-hydroxylation sites is 3. The van der Waals surface area contributed by atoms with Crippen LogP contribution in [0.4, 0.5) is 5.69 Å². The minimum Gasteiger partial charge on any atom is -0.314 e. The van der Waals surface area contributed by atoms with E-state index in [4.69, 9.17) is 28.6 Å². The fourth-order valence-electron chi connectivity index (χ4n) is 3.60. The largest absolute Gasteiger partial charge is 0.314 e. The van der Waals surface area contributed by atoms with E-state index in [1.54, 1.807) is 33.2 Å². The van der Waals surface area contributed by atoms with Crippen LogP contribution in [0.15, 0.2) is 72.8 Å². The summed E-state index contributed by atoms with van der Waals surface area (Å²) < 4.78 is 3.19. The van der Waals surface area contributed by atoms with Gasteiger partial charge in [0.2, 0.25) is 11.5 Å². The summed E-state index contributed by atoms with van der Waals surface area (Å²) in [5, 5.41) is 9.41. The maximum atomic E-state index is 13.0. The average molecular weight is 467 g/mol. The number of carbonyl (C=O) groups is 2. The Morgan fingerprint density at radius 2 is 1.47 bits per heavy atom. The number of hydrogen-bond acceptors (Lipinski definition) is 3. The van der Waals surface area contributed by atoms with E-state index in [9.17, 15) is 9.59 Å². The Labute approximate surface area is 194 Å². The molecule has 0 radical (unpaired) electrons. The van der Waals surface area contributed by atoms with Crippen LogP contribution in [0.3, 0.4) is 0 Å². The van der Waals surface area contributed by atoms with E-state index in [0.717, 1.165) is 5.69 Å². The Bertz CT molecular complexity index is 1380. The molecule has 1 heterocycles. The number of anilines is 1. The molecule has 162 valence electrons. The lowest BCUT2D eigenvalue weighted by molar-refractivity contribution is -0.118. The molecule has 0 saturated heterocycles. The van der Waals surface area contributed by atoms with E-state index in [1.807, 2.05) is 54.6 Å². The van der Waals surface area contributed by atoms with Crippen molar-refractivity contribution < 1.29 is 9.59 Å². The van der Waals surface area contributed by atoms with Crippen LogP contribution in [-0.2, 0) is 17.9 Å². The van der Waals surface area contributed by atoms with Crippen molar-refractivity contribution in [2.75, 3.05) is 11.9 Å². The third kappa shape index (κ3) is 4.20. The maximum Gasteiger partial charge on any atom is 0.246 e. The van der Waals surface area contributed by atoms with E-state index in [-0.39, 0.29) is 35.4 Å². The minimum absolute atomic E-state index is 0.0341. The van der Waals surface area contributed by atoms with Gasteiger partial charge in [0.25, 0.3) is 0 Å². The molecule has 0 spiro atoms. The molecule has 6 nitrogen and oxygen atoms in total. The van der Waals surface area contributed by atoms with Crippen molar-refractivity contribution in [3.05, 3.63) is 94.0 Å².